The van der Waals surface area contributed by atoms with E-state index in [0.29, 0.717) is 11.4 Å². The summed E-state index contributed by atoms with van der Waals surface area (Å²) in [6, 6.07) is 5.97. The lowest BCUT2D eigenvalue weighted by molar-refractivity contribution is -0.126. The van der Waals surface area contributed by atoms with E-state index in [0.717, 1.165) is 43.2 Å². The van der Waals surface area contributed by atoms with Gasteiger partial charge in [-0.2, -0.15) is 0 Å². The Morgan fingerprint density at radius 2 is 2.10 bits per heavy atom. The first-order chi connectivity index (χ1) is 18.5. The molecule has 2 aliphatic rings. The number of halogens is 1. The van der Waals surface area contributed by atoms with Crippen molar-refractivity contribution < 1.29 is 23.8 Å². The van der Waals surface area contributed by atoms with E-state index in [1.54, 1.807) is 12.1 Å². The van der Waals surface area contributed by atoms with Gasteiger partial charge in [0.25, 0.3) is 0 Å². The molecule has 8 heteroatoms. The highest BCUT2D eigenvalue weighted by Gasteiger charge is 2.46. The van der Waals surface area contributed by atoms with E-state index in [1.807, 2.05) is 6.20 Å². The topological polar surface area (TPSA) is 92.7 Å². The van der Waals surface area contributed by atoms with E-state index in [-0.39, 0.29) is 48.1 Å². The number of rotatable bonds is 10. The summed E-state index contributed by atoms with van der Waals surface area (Å²) in [5.41, 5.74) is 2.90. The Morgan fingerprint density at radius 1 is 1.33 bits per heavy atom. The first-order valence-electron chi connectivity index (χ1n) is 13.6. The molecular formula is C31H40FN3O4. The number of aliphatic hydroxyl groups is 1. The highest BCUT2D eigenvalue weighted by Crippen LogP contribution is 2.48. The quantitative estimate of drug-likeness (QED) is 0.399. The van der Waals surface area contributed by atoms with E-state index in [1.165, 1.54) is 13.2 Å². The van der Waals surface area contributed by atoms with Crippen molar-refractivity contribution in [1.82, 2.24) is 15.6 Å². The summed E-state index contributed by atoms with van der Waals surface area (Å²) in [4.78, 5) is 17.1. The number of carbonyl (C=O) groups is 1. The molecule has 1 saturated carbocycles. The lowest BCUT2D eigenvalue weighted by Gasteiger charge is -2.47. The second-order valence-corrected chi connectivity index (χ2v) is 12.1. The van der Waals surface area contributed by atoms with Crippen molar-refractivity contribution in [1.29, 1.82) is 0 Å². The summed E-state index contributed by atoms with van der Waals surface area (Å²) in [7, 11) is 1.44. The van der Waals surface area contributed by atoms with Gasteiger partial charge in [-0.25, -0.2) is 9.37 Å². The molecular weight excluding hydrogens is 497 g/mol. The fourth-order valence-corrected chi connectivity index (χ4v) is 5.48. The van der Waals surface area contributed by atoms with Crippen molar-refractivity contribution in [3.05, 3.63) is 58.5 Å². The van der Waals surface area contributed by atoms with Gasteiger partial charge in [0.15, 0.2) is 0 Å². The number of hydrogen-bond acceptors (Lipinski definition) is 6. The molecule has 7 nitrogen and oxygen atoms in total. The van der Waals surface area contributed by atoms with Crippen molar-refractivity contribution in [3.63, 3.8) is 0 Å². The number of nitrogens with zero attached hydrogens (tertiary/aromatic N) is 1. The normalized spacial score (nSPS) is 19.3. The number of ether oxygens (including phenoxy) is 2. The number of methoxy groups -OCH3 is 1. The van der Waals surface area contributed by atoms with Gasteiger partial charge in [-0.05, 0) is 66.8 Å². The Kier molecular flexibility index (Phi) is 8.95. The molecule has 0 bridgehead atoms. The maximum atomic E-state index is 13.9. The fraction of sp³-hybridized carbons (Fsp3) is 0.548. The lowest BCUT2D eigenvalue weighted by Crippen LogP contribution is -2.52. The molecule has 0 saturated heterocycles. The Balaban J connectivity index is 1.52. The van der Waals surface area contributed by atoms with Crippen LogP contribution in [0.15, 0.2) is 30.5 Å². The molecule has 3 atom stereocenters. The molecule has 1 aliphatic carbocycles. The number of aliphatic hydroxyl groups excluding tert-OH is 1. The van der Waals surface area contributed by atoms with Crippen LogP contribution in [0.3, 0.4) is 0 Å². The number of fused-ring (bicyclic) bond motifs is 1. The minimum absolute atomic E-state index is 0.0506. The number of aromatic nitrogens is 1. The largest absolute Gasteiger partial charge is 0.471 e. The average Bonchev–Trinajstić information content (AvgIpc) is 2.86. The molecule has 4 rings (SSSR count). The second kappa shape index (κ2) is 12.0. The number of hydrogen-bond donors (Lipinski definition) is 3. The number of carbonyl (C=O) groups excluding carboxylic acids is 1. The van der Waals surface area contributed by atoms with Crippen LogP contribution in [-0.2, 0) is 22.4 Å². The molecule has 39 heavy (non-hydrogen) atoms. The summed E-state index contributed by atoms with van der Waals surface area (Å²) < 4.78 is 25.3. The zero-order valence-electron chi connectivity index (χ0n) is 23.4. The molecule has 1 amide bonds. The third-order valence-corrected chi connectivity index (χ3v) is 7.50. The Morgan fingerprint density at radius 3 is 2.74 bits per heavy atom. The SMILES string of the molecule is C#Cc1cc(C[C@H](NC(=O)COC)[C@H](O)CN[C@H]2CC3(CCC3)Oc3ncc(CC(C)(C)C)cc32)ccc1F. The summed E-state index contributed by atoms with van der Waals surface area (Å²) >= 11 is 0. The van der Waals surface area contributed by atoms with Crippen LogP contribution in [0, 0.1) is 23.6 Å². The fourth-order valence-electron chi connectivity index (χ4n) is 5.48. The van der Waals surface area contributed by atoms with Gasteiger partial charge >= 0.3 is 0 Å². The van der Waals surface area contributed by atoms with E-state index in [2.05, 4.69) is 48.4 Å². The number of nitrogens with one attached hydrogen (secondary N) is 2. The van der Waals surface area contributed by atoms with Gasteiger partial charge in [0.05, 0.1) is 17.7 Å². The summed E-state index contributed by atoms with van der Waals surface area (Å²) in [5, 5.41) is 17.7. The van der Waals surface area contributed by atoms with Crippen molar-refractivity contribution in [2.75, 3.05) is 20.3 Å². The van der Waals surface area contributed by atoms with Crippen LogP contribution in [-0.4, -0.2) is 54.0 Å². The van der Waals surface area contributed by atoms with Crippen LogP contribution in [0.25, 0.3) is 0 Å². The molecule has 1 aliphatic heterocycles. The van der Waals surface area contributed by atoms with Crippen LogP contribution in [0.2, 0.25) is 0 Å². The van der Waals surface area contributed by atoms with Crippen molar-refractivity contribution in [2.45, 2.75) is 83.1 Å². The van der Waals surface area contributed by atoms with Gasteiger partial charge in [-0.1, -0.05) is 32.8 Å². The van der Waals surface area contributed by atoms with Gasteiger partial charge < -0.3 is 25.2 Å². The smallest absolute Gasteiger partial charge is 0.246 e. The van der Waals surface area contributed by atoms with Gasteiger partial charge in [-0.3, -0.25) is 4.79 Å². The lowest BCUT2D eigenvalue weighted by atomic mass is 9.73. The van der Waals surface area contributed by atoms with Crippen LogP contribution in [0.1, 0.15) is 74.8 Å². The summed E-state index contributed by atoms with van der Waals surface area (Å²) in [6.45, 7) is 6.69. The summed E-state index contributed by atoms with van der Waals surface area (Å²) in [6.07, 6.45) is 11.4. The first kappa shape index (κ1) is 29.0. The minimum atomic E-state index is -0.931. The standard InChI is InChI=1S/C31H40FN3O4/c1-6-22-12-20(8-9-24(22)32)14-25(35-28(37)19-38-5)27(36)18-33-26-16-31(10-7-11-31)39-29-23(26)13-21(17-34-29)15-30(2,3)4/h1,8-9,12-13,17,25-27,33,36H,7,10-11,14-16,18-19H2,2-5H3,(H,35,37)/t25-,26-,27+/m0/s1. The van der Waals surface area contributed by atoms with Crippen molar-refractivity contribution >= 4 is 5.91 Å². The van der Waals surface area contributed by atoms with Gasteiger partial charge in [-0.15, -0.1) is 6.42 Å². The molecule has 210 valence electrons. The molecule has 2 heterocycles. The second-order valence-electron chi connectivity index (χ2n) is 12.1. The minimum Gasteiger partial charge on any atom is -0.471 e. The molecule has 3 N–H and O–H groups in total. The maximum Gasteiger partial charge on any atom is 0.246 e. The maximum absolute atomic E-state index is 13.9. The van der Waals surface area contributed by atoms with E-state index >= 15 is 0 Å². The van der Waals surface area contributed by atoms with E-state index in [9.17, 15) is 14.3 Å². The monoisotopic (exact) mass is 537 g/mol. The van der Waals surface area contributed by atoms with Gasteiger partial charge in [0.1, 0.15) is 18.0 Å². The number of benzene rings is 1. The molecule has 1 fully saturated rings. The highest BCUT2D eigenvalue weighted by atomic mass is 19.1. The molecule has 1 aromatic heterocycles. The van der Waals surface area contributed by atoms with E-state index < -0.39 is 18.0 Å². The number of terminal acetylenes is 1. The van der Waals surface area contributed by atoms with E-state index in [4.69, 9.17) is 15.9 Å². The molecule has 1 spiro atoms. The third-order valence-electron chi connectivity index (χ3n) is 7.50. The predicted molar refractivity (Wildman–Crippen MR) is 148 cm³/mol. The Bertz CT molecular complexity index is 1220. The zero-order valence-corrected chi connectivity index (χ0v) is 23.4. The zero-order chi connectivity index (χ0) is 28.2. The molecule has 0 radical (unpaired) electrons. The average molecular weight is 538 g/mol. The van der Waals surface area contributed by atoms with Crippen LogP contribution >= 0.6 is 0 Å². The van der Waals surface area contributed by atoms with Crippen LogP contribution in [0.5, 0.6) is 5.88 Å². The Hall–Kier alpha value is -2.99. The first-order valence-corrected chi connectivity index (χ1v) is 13.6. The van der Waals surface area contributed by atoms with Crippen LogP contribution in [0.4, 0.5) is 4.39 Å². The molecule has 1 aromatic carbocycles. The van der Waals surface area contributed by atoms with Gasteiger partial charge in [0, 0.05) is 37.9 Å². The van der Waals surface area contributed by atoms with Crippen LogP contribution < -0.4 is 15.4 Å². The predicted octanol–water partition coefficient (Wildman–Crippen LogP) is 3.86. The number of amides is 1. The van der Waals surface area contributed by atoms with Crippen molar-refractivity contribution in [2.24, 2.45) is 5.41 Å². The molecule has 2 aromatic rings. The number of pyridine rings is 1. The Labute approximate surface area is 230 Å². The highest BCUT2D eigenvalue weighted by molar-refractivity contribution is 5.77. The summed E-state index contributed by atoms with van der Waals surface area (Å²) in [5.74, 6) is 2.17. The van der Waals surface area contributed by atoms with Crippen molar-refractivity contribution in [3.8, 4) is 18.2 Å². The third kappa shape index (κ3) is 7.36. The van der Waals surface area contributed by atoms with Gasteiger partial charge in [0.2, 0.25) is 11.8 Å². The molecule has 0 unspecified atom stereocenters.